The van der Waals surface area contributed by atoms with Gasteiger partial charge in [-0.1, -0.05) is 32.0 Å². The fourth-order valence-electron chi connectivity index (χ4n) is 4.57. The van der Waals surface area contributed by atoms with E-state index in [9.17, 15) is 29.1 Å². The van der Waals surface area contributed by atoms with Crippen LogP contribution in [0.25, 0.3) is 0 Å². The van der Waals surface area contributed by atoms with Crippen molar-refractivity contribution < 1.29 is 38.6 Å². The number of methoxy groups -OCH3 is 2. The molecule has 3 aromatic rings. The third kappa shape index (κ3) is 11.6. The lowest BCUT2D eigenvalue weighted by molar-refractivity contribution is -0.138. The number of aliphatic carboxylic acids is 1. The van der Waals surface area contributed by atoms with Gasteiger partial charge in [-0.15, -0.1) is 0 Å². The largest absolute Gasteiger partial charge is 0.497 e. The molecule has 0 fully saturated rings. The molecule has 4 N–H and O–H groups in total. The second-order valence-electron chi connectivity index (χ2n) is 11.5. The third-order valence-corrected chi connectivity index (χ3v) is 7.29. The van der Waals surface area contributed by atoms with E-state index >= 15 is 0 Å². The average Bonchev–Trinajstić information content (AvgIpc) is 3.05. The summed E-state index contributed by atoms with van der Waals surface area (Å²) < 4.78 is 10.5. The van der Waals surface area contributed by atoms with E-state index in [1.165, 1.54) is 31.3 Å². The maximum atomic E-state index is 13.6. The van der Waals surface area contributed by atoms with Gasteiger partial charge in [-0.2, -0.15) is 0 Å². The molecule has 0 aromatic heterocycles. The average molecular weight is 662 g/mol. The van der Waals surface area contributed by atoms with E-state index in [2.05, 4.69) is 16.0 Å². The summed E-state index contributed by atoms with van der Waals surface area (Å²) in [4.78, 5) is 66.5. The molecule has 5 amide bonds. The normalized spacial score (nSPS) is 10.5. The first-order valence-electron chi connectivity index (χ1n) is 15.4. The number of ether oxygens (including phenoxy) is 2. The number of urea groups is 1. The summed E-state index contributed by atoms with van der Waals surface area (Å²) in [6, 6.07) is 18.0. The number of rotatable bonds is 16. The van der Waals surface area contributed by atoms with Crippen molar-refractivity contribution in [1.82, 2.24) is 9.80 Å². The van der Waals surface area contributed by atoms with Crippen molar-refractivity contribution in [3.63, 3.8) is 0 Å². The molecule has 0 unspecified atom stereocenters. The monoisotopic (exact) mass is 661 g/mol. The lowest BCUT2D eigenvalue weighted by Gasteiger charge is -2.28. The molecule has 0 aliphatic rings. The SMILES string of the molecule is COc1cc(OC)cc(C(=O)N(CCC(=O)O)CC(=O)N(CCC(C)C)CC(=O)Nc2ccc(NC(=O)Nc3ccccc3C)cc2)c1. The number of para-hydroxylation sites is 1. The molecule has 0 spiro atoms. The molecule has 0 bridgehead atoms. The lowest BCUT2D eigenvalue weighted by Crippen LogP contribution is -2.46. The number of anilines is 3. The van der Waals surface area contributed by atoms with Gasteiger partial charge in [0.1, 0.15) is 18.0 Å². The van der Waals surface area contributed by atoms with Crippen LogP contribution in [-0.4, -0.2) is 85.0 Å². The quantitative estimate of drug-likeness (QED) is 0.165. The van der Waals surface area contributed by atoms with E-state index in [4.69, 9.17) is 9.47 Å². The molecule has 0 saturated heterocycles. The van der Waals surface area contributed by atoms with Crippen LogP contribution < -0.4 is 25.4 Å². The summed E-state index contributed by atoms with van der Waals surface area (Å²) in [5.74, 6) is -1.77. The number of hydrogen-bond acceptors (Lipinski definition) is 7. The van der Waals surface area contributed by atoms with Crippen LogP contribution in [0.1, 0.15) is 42.6 Å². The van der Waals surface area contributed by atoms with Crippen molar-refractivity contribution in [1.29, 1.82) is 0 Å². The van der Waals surface area contributed by atoms with Crippen molar-refractivity contribution in [2.45, 2.75) is 33.6 Å². The fraction of sp³-hybridized carbons (Fsp3) is 0.343. The Labute approximate surface area is 280 Å². The van der Waals surface area contributed by atoms with Crippen molar-refractivity contribution in [2.24, 2.45) is 5.92 Å². The van der Waals surface area contributed by atoms with Crippen LogP contribution in [0, 0.1) is 12.8 Å². The predicted molar refractivity (Wildman–Crippen MR) is 183 cm³/mol. The third-order valence-electron chi connectivity index (χ3n) is 7.29. The summed E-state index contributed by atoms with van der Waals surface area (Å²) >= 11 is 0. The van der Waals surface area contributed by atoms with Crippen molar-refractivity contribution in [3.8, 4) is 11.5 Å². The molecule has 0 atom stereocenters. The zero-order chi connectivity index (χ0) is 35.2. The van der Waals surface area contributed by atoms with Gasteiger partial charge in [0, 0.05) is 41.8 Å². The van der Waals surface area contributed by atoms with Crippen LogP contribution in [0.3, 0.4) is 0 Å². The van der Waals surface area contributed by atoms with Crippen molar-refractivity contribution in [2.75, 3.05) is 56.3 Å². The zero-order valence-corrected chi connectivity index (χ0v) is 27.9. The molecule has 3 aromatic carbocycles. The highest BCUT2D eigenvalue weighted by atomic mass is 16.5. The van der Waals surface area contributed by atoms with Crippen molar-refractivity contribution >= 4 is 46.8 Å². The minimum Gasteiger partial charge on any atom is -0.497 e. The molecule has 0 aliphatic heterocycles. The Bertz CT molecular complexity index is 1570. The number of nitrogens with zero attached hydrogens (tertiary/aromatic N) is 2. The van der Waals surface area contributed by atoms with Crippen LogP contribution in [0.4, 0.5) is 21.9 Å². The Balaban J connectivity index is 1.69. The molecule has 13 heteroatoms. The van der Waals surface area contributed by atoms with E-state index in [-0.39, 0.29) is 37.5 Å². The molecular formula is C35H43N5O8. The van der Waals surface area contributed by atoms with Gasteiger partial charge in [0.2, 0.25) is 11.8 Å². The number of carbonyl (C=O) groups excluding carboxylic acids is 4. The Morgan fingerprint density at radius 1 is 0.771 bits per heavy atom. The Morgan fingerprint density at radius 3 is 1.94 bits per heavy atom. The number of hydrogen-bond donors (Lipinski definition) is 4. The number of carboxylic acids is 1. The van der Waals surface area contributed by atoms with Gasteiger partial charge in [-0.25, -0.2) is 4.79 Å². The van der Waals surface area contributed by atoms with Gasteiger partial charge in [0.05, 0.1) is 27.2 Å². The summed E-state index contributed by atoms with van der Waals surface area (Å²) in [5.41, 5.74) is 2.72. The van der Waals surface area contributed by atoms with Crippen LogP contribution in [-0.2, 0) is 14.4 Å². The van der Waals surface area contributed by atoms with Gasteiger partial charge < -0.3 is 40.3 Å². The van der Waals surface area contributed by atoms with Crippen molar-refractivity contribution in [3.05, 3.63) is 77.9 Å². The summed E-state index contributed by atoms with van der Waals surface area (Å²) in [5, 5.41) is 17.6. The molecular weight excluding hydrogens is 618 g/mol. The van der Waals surface area contributed by atoms with E-state index < -0.39 is 36.3 Å². The number of aryl methyl sites for hydroxylation is 1. The Morgan fingerprint density at radius 2 is 1.38 bits per heavy atom. The highest BCUT2D eigenvalue weighted by Crippen LogP contribution is 2.24. The highest BCUT2D eigenvalue weighted by Gasteiger charge is 2.25. The topological polar surface area (TPSA) is 167 Å². The summed E-state index contributed by atoms with van der Waals surface area (Å²) in [7, 11) is 2.87. The van der Waals surface area contributed by atoms with Crippen LogP contribution in [0.15, 0.2) is 66.7 Å². The van der Waals surface area contributed by atoms with Gasteiger partial charge in [0.25, 0.3) is 5.91 Å². The Kier molecular flexibility index (Phi) is 13.8. The molecule has 13 nitrogen and oxygen atoms in total. The fourth-order valence-corrected chi connectivity index (χ4v) is 4.57. The minimum absolute atomic E-state index is 0.154. The van der Waals surface area contributed by atoms with Crippen LogP contribution in [0.2, 0.25) is 0 Å². The first-order valence-corrected chi connectivity index (χ1v) is 15.4. The number of carboxylic acid groups (broad SMARTS) is 1. The standard InChI is InChI=1S/C35H43N5O8/c1-23(2)14-16-39(32(42)22-40(17-15-33(43)44)34(45)25-18-28(47-4)20-29(19-25)48-5)21-31(41)36-26-10-12-27(13-11-26)37-35(46)38-30-9-7-6-8-24(30)3/h6-13,18-20,23H,14-17,21-22H2,1-5H3,(H,36,41)(H,43,44)(H2,37,38,46). The number of carbonyl (C=O) groups is 5. The highest BCUT2D eigenvalue weighted by molar-refractivity contribution is 6.01. The molecule has 0 heterocycles. The second-order valence-corrected chi connectivity index (χ2v) is 11.5. The van der Waals surface area contributed by atoms with E-state index in [1.54, 1.807) is 36.4 Å². The van der Waals surface area contributed by atoms with E-state index in [0.717, 1.165) is 10.5 Å². The van der Waals surface area contributed by atoms with Crippen LogP contribution >= 0.6 is 0 Å². The second kappa shape index (κ2) is 17.9. The molecule has 0 radical (unpaired) electrons. The zero-order valence-electron chi connectivity index (χ0n) is 27.9. The van der Waals surface area contributed by atoms with Gasteiger partial charge in [0.15, 0.2) is 0 Å². The number of nitrogens with one attached hydrogen (secondary N) is 3. The molecule has 3 rings (SSSR count). The molecule has 0 aliphatic carbocycles. The number of benzene rings is 3. The summed E-state index contributed by atoms with van der Waals surface area (Å²) in [6.45, 7) is 5.14. The number of amides is 5. The maximum absolute atomic E-state index is 13.6. The van der Waals surface area contributed by atoms with Gasteiger partial charge >= 0.3 is 12.0 Å². The molecule has 0 saturated carbocycles. The van der Waals surface area contributed by atoms with Gasteiger partial charge in [-0.05, 0) is 67.3 Å². The smallest absolute Gasteiger partial charge is 0.323 e. The van der Waals surface area contributed by atoms with Crippen LogP contribution in [0.5, 0.6) is 11.5 Å². The maximum Gasteiger partial charge on any atom is 0.323 e. The lowest BCUT2D eigenvalue weighted by atomic mass is 10.1. The minimum atomic E-state index is -1.13. The van der Waals surface area contributed by atoms with E-state index in [1.807, 2.05) is 39.0 Å². The predicted octanol–water partition coefficient (Wildman–Crippen LogP) is 5.09. The van der Waals surface area contributed by atoms with Gasteiger partial charge in [-0.3, -0.25) is 19.2 Å². The van der Waals surface area contributed by atoms with E-state index in [0.29, 0.717) is 35.0 Å². The Hall–Kier alpha value is -5.59. The first-order chi connectivity index (χ1) is 22.9. The molecule has 48 heavy (non-hydrogen) atoms. The summed E-state index contributed by atoms with van der Waals surface area (Å²) in [6.07, 6.45) is 0.213. The first kappa shape index (κ1) is 36.9. The molecule has 256 valence electrons.